The van der Waals surface area contributed by atoms with Gasteiger partial charge in [0.1, 0.15) is 5.75 Å². The second-order valence-electron chi connectivity index (χ2n) is 17.2. The van der Waals surface area contributed by atoms with Gasteiger partial charge in [0.15, 0.2) is 0 Å². The predicted octanol–water partition coefficient (Wildman–Crippen LogP) is 14.0. The van der Waals surface area contributed by atoms with E-state index < -0.39 is 0 Å². The number of fused-ring (bicyclic) bond motifs is 3. The number of benzene rings is 6. The van der Waals surface area contributed by atoms with E-state index in [1.807, 2.05) is 30.5 Å². The molecule has 9 aromatic rings. The van der Waals surface area contributed by atoms with Crippen molar-refractivity contribution in [3.05, 3.63) is 181 Å². The number of nitrogens with zero attached hydrogens (tertiary/aromatic N) is 3. The molecule has 0 unspecified atom stereocenters. The normalized spacial score (nSPS) is 11.8. The van der Waals surface area contributed by atoms with Crippen LogP contribution in [0.1, 0.15) is 52.7 Å². The molecule has 0 bridgehead atoms. The molecule has 0 spiro atoms. The minimum absolute atomic E-state index is 0. The van der Waals surface area contributed by atoms with Gasteiger partial charge >= 0.3 is 0 Å². The molecule has 0 radical (unpaired) electrons. The van der Waals surface area contributed by atoms with Crippen LogP contribution in [0.3, 0.4) is 0 Å². The van der Waals surface area contributed by atoms with E-state index >= 15 is 0 Å². The maximum atomic E-state index is 11.1. The third kappa shape index (κ3) is 7.66. The summed E-state index contributed by atoms with van der Waals surface area (Å²) in [5.41, 5.74) is 14.8. The summed E-state index contributed by atoms with van der Waals surface area (Å²) >= 11 is 0. The number of aromatic hydroxyl groups is 1. The molecule has 5 heteroatoms. The molecular formula is C54H46N3OPt-. The fourth-order valence-electron chi connectivity index (χ4n) is 7.93. The first kappa shape index (κ1) is 39.7. The number of hydrogen-bond donors (Lipinski definition) is 1. The maximum absolute atomic E-state index is 11.1. The Balaban J connectivity index is 0.00000484. The van der Waals surface area contributed by atoms with Crippen LogP contribution in [0.5, 0.6) is 5.75 Å². The summed E-state index contributed by atoms with van der Waals surface area (Å²) in [6.45, 7) is 13.6. The Kier molecular flexibility index (Phi) is 10.5. The van der Waals surface area contributed by atoms with E-state index in [2.05, 4.69) is 180 Å². The summed E-state index contributed by atoms with van der Waals surface area (Å²) in [5, 5.41) is 13.5. The summed E-state index contributed by atoms with van der Waals surface area (Å²) in [5.74, 6) is 0.191. The van der Waals surface area contributed by atoms with E-state index in [9.17, 15) is 5.11 Å². The van der Waals surface area contributed by atoms with Gasteiger partial charge in [0.25, 0.3) is 0 Å². The number of hydrogen-bond acceptors (Lipinski definition) is 3. The van der Waals surface area contributed by atoms with E-state index in [1.54, 1.807) is 6.07 Å². The van der Waals surface area contributed by atoms with Gasteiger partial charge in [-0.15, -0.1) is 24.3 Å². The van der Waals surface area contributed by atoms with Crippen LogP contribution >= 0.6 is 0 Å². The van der Waals surface area contributed by atoms with Crippen LogP contribution < -0.4 is 0 Å². The first-order valence-electron chi connectivity index (χ1n) is 20.0. The van der Waals surface area contributed by atoms with Crippen molar-refractivity contribution in [2.24, 2.45) is 0 Å². The van der Waals surface area contributed by atoms with Gasteiger partial charge in [-0.1, -0.05) is 144 Å². The summed E-state index contributed by atoms with van der Waals surface area (Å²) < 4.78 is 2.35. The predicted molar refractivity (Wildman–Crippen MR) is 241 cm³/mol. The van der Waals surface area contributed by atoms with Crippen LogP contribution in [0.15, 0.2) is 164 Å². The monoisotopic (exact) mass is 947 g/mol. The zero-order valence-electron chi connectivity index (χ0n) is 34.2. The average Bonchev–Trinajstić information content (AvgIpc) is 3.57. The van der Waals surface area contributed by atoms with Crippen molar-refractivity contribution < 1.29 is 26.2 Å². The quantitative estimate of drug-likeness (QED) is 0.169. The molecular weight excluding hydrogens is 902 g/mol. The molecule has 9 rings (SSSR count). The van der Waals surface area contributed by atoms with Gasteiger partial charge in [0, 0.05) is 60.7 Å². The zero-order chi connectivity index (χ0) is 40.2. The number of aromatic nitrogens is 3. The summed E-state index contributed by atoms with van der Waals surface area (Å²) in [4.78, 5) is 10.2. The molecule has 0 aliphatic carbocycles. The molecule has 59 heavy (non-hydrogen) atoms. The maximum Gasteiger partial charge on any atom is 0.124 e. The van der Waals surface area contributed by atoms with Gasteiger partial charge in [0.2, 0.25) is 0 Å². The second-order valence-corrected chi connectivity index (χ2v) is 17.2. The molecule has 1 N–H and O–H groups in total. The number of phenols is 1. The molecule has 0 atom stereocenters. The van der Waals surface area contributed by atoms with Crippen LogP contribution in [0.2, 0.25) is 0 Å². The molecule has 0 amide bonds. The number of para-hydroxylation sites is 3. The van der Waals surface area contributed by atoms with Crippen LogP contribution in [-0.2, 0) is 31.9 Å². The average molecular weight is 948 g/mol. The smallest absolute Gasteiger partial charge is 0.124 e. The van der Waals surface area contributed by atoms with E-state index in [0.717, 1.165) is 56.0 Å². The molecule has 0 saturated heterocycles. The van der Waals surface area contributed by atoms with Crippen molar-refractivity contribution in [3.63, 3.8) is 0 Å². The Morgan fingerprint density at radius 3 is 1.88 bits per heavy atom. The number of rotatable bonds is 6. The van der Waals surface area contributed by atoms with Crippen molar-refractivity contribution in [1.29, 1.82) is 0 Å². The first-order chi connectivity index (χ1) is 27.9. The Hall–Kier alpha value is -6.09. The Morgan fingerprint density at radius 1 is 0.508 bits per heavy atom. The third-order valence-corrected chi connectivity index (χ3v) is 11.1. The van der Waals surface area contributed by atoms with Crippen molar-refractivity contribution in [1.82, 2.24) is 14.5 Å². The largest absolute Gasteiger partial charge is 0.507 e. The first-order valence-corrected chi connectivity index (χ1v) is 20.0. The molecule has 0 fully saturated rings. The van der Waals surface area contributed by atoms with Crippen LogP contribution in [0.25, 0.3) is 83.5 Å². The molecule has 0 saturated carbocycles. The third-order valence-electron chi connectivity index (χ3n) is 11.1. The van der Waals surface area contributed by atoms with Crippen molar-refractivity contribution in [3.8, 4) is 67.5 Å². The van der Waals surface area contributed by atoms with Gasteiger partial charge in [-0.05, 0) is 92.7 Å². The van der Waals surface area contributed by atoms with Crippen LogP contribution in [0, 0.1) is 6.07 Å². The van der Waals surface area contributed by atoms with Gasteiger partial charge in [-0.3, -0.25) is 9.97 Å². The van der Waals surface area contributed by atoms with E-state index in [1.165, 1.54) is 27.4 Å². The van der Waals surface area contributed by atoms with Crippen molar-refractivity contribution in [2.75, 3.05) is 0 Å². The van der Waals surface area contributed by atoms with Gasteiger partial charge < -0.3 is 9.67 Å². The van der Waals surface area contributed by atoms with E-state index in [-0.39, 0.29) is 37.6 Å². The zero-order valence-corrected chi connectivity index (χ0v) is 36.5. The van der Waals surface area contributed by atoms with E-state index in [4.69, 9.17) is 9.97 Å². The molecule has 0 aliphatic heterocycles. The SMILES string of the molecule is CC(C)(C)c1cc(-c2cc(-c3[c-]c(-c4ncccc4-c4ccc5c6ccccc6n(-c6ccccc6)c5c4)ccc3)nc(-c3ccccc3O)c2)cc(C(C)(C)C)c1.[Pt]. The Morgan fingerprint density at radius 2 is 1.14 bits per heavy atom. The Bertz CT molecular complexity index is 2950. The fraction of sp³-hybridized carbons (Fsp3) is 0.148. The second kappa shape index (κ2) is 15.6. The molecule has 4 nitrogen and oxygen atoms in total. The van der Waals surface area contributed by atoms with Crippen LogP contribution in [0.4, 0.5) is 0 Å². The molecule has 0 aliphatic rings. The minimum Gasteiger partial charge on any atom is -0.507 e. The van der Waals surface area contributed by atoms with Gasteiger partial charge in [0.05, 0.1) is 16.7 Å². The Labute approximate surface area is 361 Å². The molecule has 6 aromatic carbocycles. The topological polar surface area (TPSA) is 50.9 Å². The van der Waals surface area contributed by atoms with Gasteiger partial charge in [-0.25, -0.2) is 0 Å². The summed E-state index contributed by atoms with van der Waals surface area (Å²) in [6, 6.07) is 58.6. The summed E-state index contributed by atoms with van der Waals surface area (Å²) in [6.07, 6.45) is 1.85. The fourth-order valence-corrected chi connectivity index (χ4v) is 7.93. The minimum atomic E-state index is -0.0441. The van der Waals surface area contributed by atoms with Crippen LogP contribution in [-0.4, -0.2) is 19.6 Å². The molecule has 3 heterocycles. The summed E-state index contributed by atoms with van der Waals surface area (Å²) in [7, 11) is 0. The molecule has 294 valence electrons. The molecule has 3 aromatic heterocycles. The van der Waals surface area contributed by atoms with E-state index in [0.29, 0.717) is 11.3 Å². The van der Waals surface area contributed by atoms with Crippen molar-refractivity contribution >= 4 is 21.8 Å². The number of pyridine rings is 2. The standard InChI is InChI=1S/C54H46N3O.Pt/c1-53(2,3)40-29-38(30-41(34-40)54(4,5)6)39-31-47(56-48(32-39)46-21-11-13-24-51(46)58)36-16-14-17-37(28-36)52-43(22-15-27-55-52)35-25-26-45-44-20-10-12-23-49(44)57(50(45)33-35)42-18-8-7-9-19-42;/h7-27,29-34,58H,1-6H3;/q-1;. The van der Waals surface area contributed by atoms with Crippen molar-refractivity contribution in [2.45, 2.75) is 52.4 Å². The van der Waals surface area contributed by atoms with Gasteiger partial charge in [-0.2, -0.15) is 0 Å². The number of phenolic OH excluding ortho intramolecular Hbond substituents is 1.